The second-order valence-corrected chi connectivity index (χ2v) is 4.49. The Labute approximate surface area is 120 Å². The summed E-state index contributed by atoms with van der Waals surface area (Å²) in [6.07, 6.45) is -4.77. The summed E-state index contributed by atoms with van der Waals surface area (Å²) in [5.74, 6) is -2.70. The quantitative estimate of drug-likeness (QED) is 0.860. The van der Waals surface area contributed by atoms with Crippen LogP contribution in [0.15, 0.2) is 18.2 Å². The van der Waals surface area contributed by atoms with Crippen LogP contribution in [-0.4, -0.2) is 20.6 Å². The number of hydrogen-bond donors (Lipinski definition) is 1. The van der Waals surface area contributed by atoms with Gasteiger partial charge in [-0.1, -0.05) is 11.6 Å². The van der Waals surface area contributed by atoms with Gasteiger partial charge < -0.3 is 9.67 Å². The van der Waals surface area contributed by atoms with E-state index < -0.39 is 28.8 Å². The molecule has 0 amide bonds. The Kier molecular flexibility index (Phi) is 3.66. The van der Waals surface area contributed by atoms with E-state index in [4.69, 9.17) is 16.7 Å². The number of hydrogen-bond acceptors (Lipinski definition) is 2. The lowest BCUT2D eigenvalue weighted by molar-refractivity contribution is -0.140. The van der Waals surface area contributed by atoms with E-state index in [1.54, 1.807) is 0 Å². The molecule has 0 bridgehead atoms. The molecule has 112 valence electrons. The number of carbonyl (C=O) groups is 1. The van der Waals surface area contributed by atoms with Crippen molar-refractivity contribution < 1.29 is 27.5 Å². The Morgan fingerprint density at radius 2 is 2.00 bits per heavy atom. The number of imidazole rings is 1. The minimum atomic E-state index is -4.77. The van der Waals surface area contributed by atoms with Gasteiger partial charge in [0.25, 0.3) is 0 Å². The highest BCUT2D eigenvalue weighted by Crippen LogP contribution is 2.36. The van der Waals surface area contributed by atoms with Crippen molar-refractivity contribution in [2.45, 2.75) is 6.18 Å². The zero-order valence-electron chi connectivity index (χ0n) is 10.4. The Hall–Kier alpha value is -2.09. The maximum Gasteiger partial charge on any atom is 0.436 e. The van der Waals surface area contributed by atoms with Crippen molar-refractivity contribution in [2.24, 2.45) is 7.05 Å². The number of carboxylic acids is 1. The van der Waals surface area contributed by atoms with Crippen LogP contribution in [0.2, 0.25) is 5.15 Å². The van der Waals surface area contributed by atoms with E-state index in [-0.39, 0.29) is 17.0 Å². The summed E-state index contributed by atoms with van der Waals surface area (Å²) in [5, 5.41) is 8.04. The second kappa shape index (κ2) is 5.03. The maximum atomic E-state index is 13.9. The molecule has 0 aliphatic rings. The normalized spacial score (nSPS) is 11.7. The minimum Gasteiger partial charge on any atom is -0.478 e. The molecule has 2 rings (SSSR count). The fraction of sp³-hybridized carbons (Fsp3) is 0.167. The molecule has 2 aromatic rings. The van der Waals surface area contributed by atoms with Gasteiger partial charge in [0.2, 0.25) is 0 Å². The van der Waals surface area contributed by atoms with Crippen molar-refractivity contribution in [1.29, 1.82) is 0 Å². The molecule has 0 atom stereocenters. The minimum absolute atomic E-state index is 0.278. The van der Waals surface area contributed by atoms with Crippen molar-refractivity contribution >= 4 is 17.6 Å². The molecule has 9 heteroatoms. The lowest BCUT2D eigenvalue weighted by Gasteiger charge is -2.04. The van der Waals surface area contributed by atoms with E-state index in [2.05, 4.69) is 4.98 Å². The molecule has 21 heavy (non-hydrogen) atoms. The van der Waals surface area contributed by atoms with E-state index in [0.717, 1.165) is 16.7 Å². The number of nitrogens with zero attached hydrogens (tertiary/aromatic N) is 2. The zero-order valence-corrected chi connectivity index (χ0v) is 11.1. The van der Waals surface area contributed by atoms with Gasteiger partial charge in [0.05, 0.1) is 11.1 Å². The van der Waals surface area contributed by atoms with Crippen molar-refractivity contribution in [1.82, 2.24) is 9.55 Å². The van der Waals surface area contributed by atoms with Crippen LogP contribution in [-0.2, 0) is 13.2 Å². The first-order valence-electron chi connectivity index (χ1n) is 5.45. The van der Waals surface area contributed by atoms with E-state index in [0.29, 0.717) is 6.07 Å². The number of benzene rings is 1. The third-order valence-electron chi connectivity index (χ3n) is 2.75. The topological polar surface area (TPSA) is 55.1 Å². The second-order valence-electron chi connectivity index (χ2n) is 4.13. The van der Waals surface area contributed by atoms with Gasteiger partial charge in [0.15, 0.2) is 5.69 Å². The first-order valence-corrected chi connectivity index (χ1v) is 5.83. The van der Waals surface area contributed by atoms with Crippen LogP contribution in [0.5, 0.6) is 0 Å². The van der Waals surface area contributed by atoms with Crippen LogP contribution >= 0.6 is 11.6 Å². The summed E-state index contributed by atoms with van der Waals surface area (Å²) < 4.78 is 52.8. The molecule has 0 spiro atoms. The molecule has 4 nitrogen and oxygen atoms in total. The number of aromatic carboxylic acids is 1. The van der Waals surface area contributed by atoms with Crippen molar-refractivity contribution in [3.8, 4) is 11.4 Å². The predicted octanol–water partition coefficient (Wildman–Crippen LogP) is 3.60. The number of alkyl halides is 3. The van der Waals surface area contributed by atoms with Crippen LogP contribution in [0.4, 0.5) is 17.6 Å². The number of aromatic nitrogens is 2. The average Bonchev–Trinajstić information content (AvgIpc) is 2.66. The summed E-state index contributed by atoms with van der Waals surface area (Å²) in [7, 11) is 1.20. The number of halogens is 5. The van der Waals surface area contributed by atoms with Gasteiger partial charge in [-0.15, -0.1) is 0 Å². The predicted molar refractivity (Wildman–Crippen MR) is 65.6 cm³/mol. The van der Waals surface area contributed by atoms with Crippen LogP contribution in [0.3, 0.4) is 0 Å². The van der Waals surface area contributed by atoms with Gasteiger partial charge in [0, 0.05) is 7.05 Å². The monoisotopic (exact) mass is 322 g/mol. The van der Waals surface area contributed by atoms with Crippen LogP contribution < -0.4 is 0 Å². The van der Waals surface area contributed by atoms with E-state index >= 15 is 0 Å². The third kappa shape index (κ3) is 2.71. The van der Waals surface area contributed by atoms with Gasteiger partial charge >= 0.3 is 12.1 Å². The highest BCUT2D eigenvalue weighted by molar-refractivity contribution is 6.30. The molecule has 1 aromatic heterocycles. The zero-order chi connectivity index (χ0) is 15.9. The summed E-state index contributed by atoms with van der Waals surface area (Å²) in [4.78, 5) is 14.0. The molecule has 0 aliphatic heterocycles. The molecule has 0 saturated heterocycles. The summed E-state index contributed by atoms with van der Waals surface area (Å²) in [5.41, 5.74) is -1.93. The van der Waals surface area contributed by atoms with Crippen molar-refractivity contribution in [3.63, 3.8) is 0 Å². The van der Waals surface area contributed by atoms with E-state index in [1.165, 1.54) is 7.05 Å². The Morgan fingerprint density at radius 1 is 1.38 bits per heavy atom. The first-order chi connectivity index (χ1) is 9.62. The number of rotatable bonds is 2. The molecular weight excluding hydrogens is 316 g/mol. The van der Waals surface area contributed by atoms with Crippen LogP contribution in [0, 0.1) is 5.82 Å². The van der Waals surface area contributed by atoms with Crippen LogP contribution in [0.1, 0.15) is 16.1 Å². The standard InChI is InChI=1S/C12H7ClF4N2O2/c1-19-9(13)8(12(15,16)17)18-10(19)6-3-2-5(11(20)21)4-7(6)14/h2-4H,1H3,(H,20,21). The van der Waals surface area contributed by atoms with Gasteiger partial charge in [-0.3, -0.25) is 0 Å². The highest BCUT2D eigenvalue weighted by Gasteiger charge is 2.38. The molecule has 1 heterocycles. The van der Waals surface area contributed by atoms with E-state index in [9.17, 15) is 22.4 Å². The molecule has 1 aromatic carbocycles. The fourth-order valence-electron chi connectivity index (χ4n) is 1.73. The fourth-order valence-corrected chi connectivity index (χ4v) is 1.96. The summed E-state index contributed by atoms with van der Waals surface area (Å²) in [6, 6.07) is 2.81. The highest BCUT2D eigenvalue weighted by atomic mass is 35.5. The summed E-state index contributed by atoms with van der Waals surface area (Å²) >= 11 is 5.55. The van der Waals surface area contributed by atoms with Crippen LogP contribution in [0.25, 0.3) is 11.4 Å². The maximum absolute atomic E-state index is 13.9. The van der Waals surface area contributed by atoms with Gasteiger partial charge in [0.1, 0.15) is 16.8 Å². The average molecular weight is 323 g/mol. The van der Waals surface area contributed by atoms with Gasteiger partial charge in [-0.25, -0.2) is 14.2 Å². The number of carboxylic acid groups (broad SMARTS) is 1. The lowest BCUT2D eigenvalue weighted by Crippen LogP contribution is -2.06. The third-order valence-corrected chi connectivity index (χ3v) is 3.18. The Morgan fingerprint density at radius 3 is 2.43 bits per heavy atom. The largest absolute Gasteiger partial charge is 0.478 e. The summed E-state index contributed by atoms with van der Waals surface area (Å²) in [6.45, 7) is 0. The van der Waals surface area contributed by atoms with E-state index in [1.807, 2.05) is 0 Å². The van der Waals surface area contributed by atoms with Crippen molar-refractivity contribution in [3.05, 3.63) is 40.4 Å². The lowest BCUT2D eigenvalue weighted by atomic mass is 10.1. The molecule has 0 radical (unpaired) electrons. The molecule has 0 saturated carbocycles. The van der Waals surface area contributed by atoms with Crippen molar-refractivity contribution in [2.75, 3.05) is 0 Å². The van der Waals surface area contributed by atoms with Gasteiger partial charge in [-0.2, -0.15) is 13.2 Å². The van der Waals surface area contributed by atoms with Gasteiger partial charge in [-0.05, 0) is 18.2 Å². The first kappa shape index (κ1) is 15.3. The Balaban J connectivity index is 2.61. The molecule has 0 fully saturated rings. The Bertz CT molecular complexity index is 725. The smallest absolute Gasteiger partial charge is 0.436 e. The molecular formula is C12H7ClF4N2O2. The molecule has 0 unspecified atom stereocenters. The molecule has 0 aliphatic carbocycles. The molecule has 1 N–H and O–H groups in total. The SMILES string of the molecule is Cn1c(-c2ccc(C(=O)O)cc2F)nc(C(F)(F)F)c1Cl.